The first-order valence-electron chi connectivity index (χ1n) is 4.21. The molecule has 1 heterocycles. The number of hydrogen-bond donors (Lipinski definition) is 0. The van der Waals surface area contributed by atoms with E-state index in [9.17, 15) is 9.00 Å². The molecule has 3 heteroatoms. The van der Waals surface area contributed by atoms with E-state index in [-0.39, 0.29) is 16.8 Å². The third-order valence-corrected chi connectivity index (χ3v) is 3.89. The van der Waals surface area contributed by atoms with E-state index >= 15 is 0 Å². The molecule has 0 spiro atoms. The van der Waals surface area contributed by atoms with Crippen molar-refractivity contribution in [1.82, 2.24) is 0 Å². The zero-order valence-electron chi connectivity index (χ0n) is 7.10. The summed E-state index contributed by atoms with van der Waals surface area (Å²) in [6.45, 7) is 0. The lowest BCUT2D eigenvalue weighted by atomic mass is 10.1. The van der Waals surface area contributed by atoms with Crippen molar-refractivity contribution >= 4 is 16.6 Å². The Labute approximate surface area is 79.4 Å². The van der Waals surface area contributed by atoms with Gasteiger partial charge in [0, 0.05) is 17.2 Å². The van der Waals surface area contributed by atoms with Gasteiger partial charge in [-0.05, 0) is 5.56 Å². The van der Waals surface area contributed by atoms with Gasteiger partial charge in [-0.1, -0.05) is 30.3 Å². The van der Waals surface area contributed by atoms with Crippen molar-refractivity contribution in [2.45, 2.75) is 11.7 Å². The van der Waals surface area contributed by atoms with Gasteiger partial charge in [0.1, 0.15) is 5.78 Å². The van der Waals surface area contributed by atoms with E-state index in [1.165, 1.54) is 0 Å². The number of hydrogen-bond acceptors (Lipinski definition) is 2. The van der Waals surface area contributed by atoms with Gasteiger partial charge in [-0.2, -0.15) is 0 Å². The van der Waals surface area contributed by atoms with Gasteiger partial charge in [-0.15, -0.1) is 0 Å². The van der Waals surface area contributed by atoms with Crippen LogP contribution in [0.15, 0.2) is 30.3 Å². The fraction of sp³-hybridized carbons (Fsp3) is 0.300. The van der Waals surface area contributed by atoms with Crippen molar-refractivity contribution < 1.29 is 9.00 Å². The van der Waals surface area contributed by atoms with Crippen LogP contribution in [0.2, 0.25) is 0 Å². The number of carbonyl (C=O) groups excluding carboxylic acids is 1. The first-order valence-corrected chi connectivity index (χ1v) is 5.59. The van der Waals surface area contributed by atoms with Crippen LogP contribution in [-0.2, 0) is 15.6 Å². The molecule has 1 aromatic rings. The van der Waals surface area contributed by atoms with Gasteiger partial charge >= 0.3 is 0 Å². The minimum absolute atomic E-state index is 0.0614. The highest BCUT2D eigenvalue weighted by Gasteiger charge is 2.30. The Balaban J connectivity index is 2.28. The van der Waals surface area contributed by atoms with Crippen LogP contribution in [0.5, 0.6) is 0 Å². The summed E-state index contributed by atoms with van der Waals surface area (Å²) < 4.78 is 11.5. The molecule has 0 bridgehead atoms. The van der Waals surface area contributed by atoms with Crippen molar-refractivity contribution in [3.8, 4) is 0 Å². The number of carbonyl (C=O) groups is 1. The standard InChI is InChI=1S/C10H10O2S/c11-9-6-10(13(12)7-9)8-4-2-1-3-5-8/h1-5,10H,6-7H2/t10-,13-/m1/s1. The van der Waals surface area contributed by atoms with Crippen LogP contribution in [0.1, 0.15) is 17.2 Å². The minimum atomic E-state index is -0.991. The van der Waals surface area contributed by atoms with Crippen LogP contribution >= 0.6 is 0 Å². The van der Waals surface area contributed by atoms with Gasteiger partial charge < -0.3 is 0 Å². The van der Waals surface area contributed by atoms with Gasteiger partial charge in [0.15, 0.2) is 0 Å². The van der Waals surface area contributed by atoms with Gasteiger partial charge in [0.2, 0.25) is 0 Å². The van der Waals surface area contributed by atoms with Crippen LogP contribution in [-0.4, -0.2) is 15.7 Å². The van der Waals surface area contributed by atoms with E-state index in [1.807, 2.05) is 30.3 Å². The van der Waals surface area contributed by atoms with Crippen molar-refractivity contribution in [3.05, 3.63) is 35.9 Å². The number of Topliss-reactive ketones (excluding diaryl/α,β-unsaturated/α-hetero) is 1. The van der Waals surface area contributed by atoms with Crippen LogP contribution in [0.25, 0.3) is 0 Å². The molecule has 2 atom stereocenters. The molecule has 0 aliphatic carbocycles. The lowest BCUT2D eigenvalue weighted by molar-refractivity contribution is -0.116. The van der Waals surface area contributed by atoms with Crippen molar-refractivity contribution in [3.63, 3.8) is 0 Å². The average molecular weight is 194 g/mol. The van der Waals surface area contributed by atoms with Crippen molar-refractivity contribution in [2.75, 3.05) is 5.75 Å². The molecule has 0 N–H and O–H groups in total. The lowest BCUT2D eigenvalue weighted by Gasteiger charge is -2.06. The predicted octanol–water partition coefficient (Wildman–Crippen LogP) is 1.45. The zero-order valence-corrected chi connectivity index (χ0v) is 7.92. The van der Waals surface area contributed by atoms with Crippen LogP contribution in [0, 0.1) is 0 Å². The van der Waals surface area contributed by atoms with E-state index in [4.69, 9.17) is 0 Å². The van der Waals surface area contributed by atoms with E-state index in [0.717, 1.165) is 5.56 Å². The normalized spacial score (nSPS) is 27.8. The highest BCUT2D eigenvalue weighted by Crippen LogP contribution is 2.29. The Morgan fingerprint density at radius 1 is 1.23 bits per heavy atom. The van der Waals surface area contributed by atoms with E-state index in [1.54, 1.807) is 0 Å². The summed E-state index contributed by atoms with van der Waals surface area (Å²) in [5, 5.41) is -0.0614. The highest BCUT2D eigenvalue weighted by molar-refractivity contribution is 7.86. The summed E-state index contributed by atoms with van der Waals surface area (Å²) >= 11 is 0. The second-order valence-electron chi connectivity index (χ2n) is 3.17. The Morgan fingerprint density at radius 2 is 1.92 bits per heavy atom. The number of ketones is 1. The molecule has 2 rings (SSSR count). The molecule has 2 nitrogen and oxygen atoms in total. The van der Waals surface area contributed by atoms with E-state index < -0.39 is 10.8 Å². The van der Waals surface area contributed by atoms with Crippen molar-refractivity contribution in [1.29, 1.82) is 0 Å². The van der Waals surface area contributed by atoms with Crippen LogP contribution in [0.3, 0.4) is 0 Å². The Kier molecular flexibility index (Phi) is 2.27. The smallest absolute Gasteiger partial charge is 0.146 e. The first kappa shape index (κ1) is 8.63. The Morgan fingerprint density at radius 3 is 2.46 bits per heavy atom. The molecule has 0 amide bonds. The largest absolute Gasteiger partial charge is 0.299 e. The van der Waals surface area contributed by atoms with Gasteiger partial charge in [-0.3, -0.25) is 9.00 Å². The minimum Gasteiger partial charge on any atom is -0.299 e. The predicted molar refractivity (Wildman–Crippen MR) is 51.8 cm³/mol. The SMILES string of the molecule is O=C1C[C@H](c2ccccc2)[S@](=O)C1. The molecular formula is C10H10O2S. The highest BCUT2D eigenvalue weighted by atomic mass is 32.2. The maximum absolute atomic E-state index is 11.5. The molecule has 1 saturated heterocycles. The van der Waals surface area contributed by atoms with Gasteiger partial charge in [0.25, 0.3) is 0 Å². The maximum Gasteiger partial charge on any atom is 0.146 e. The summed E-state index contributed by atoms with van der Waals surface area (Å²) in [6.07, 6.45) is 0.441. The van der Waals surface area contributed by atoms with Crippen LogP contribution in [0.4, 0.5) is 0 Å². The topological polar surface area (TPSA) is 34.1 Å². The Bertz CT molecular complexity index is 345. The summed E-state index contributed by atoms with van der Waals surface area (Å²) in [4.78, 5) is 11.0. The van der Waals surface area contributed by atoms with Crippen LogP contribution < -0.4 is 0 Å². The summed E-state index contributed by atoms with van der Waals surface area (Å²) in [7, 11) is -0.991. The summed E-state index contributed by atoms with van der Waals surface area (Å²) in [5.41, 5.74) is 1.02. The molecule has 68 valence electrons. The van der Waals surface area contributed by atoms with Gasteiger partial charge in [0.05, 0.1) is 11.0 Å². The second kappa shape index (κ2) is 3.42. The number of benzene rings is 1. The summed E-state index contributed by atoms with van der Waals surface area (Å²) in [6, 6.07) is 9.61. The van der Waals surface area contributed by atoms with Crippen molar-refractivity contribution in [2.24, 2.45) is 0 Å². The fourth-order valence-corrected chi connectivity index (χ4v) is 3.02. The lowest BCUT2D eigenvalue weighted by Crippen LogP contribution is -1.99. The molecule has 0 radical (unpaired) electrons. The fourth-order valence-electron chi connectivity index (χ4n) is 1.56. The first-order chi connectivity index (χ1) is 6.27. The average Bonchev–Trinajstić information content (AvgIpc) is 2.47. The van der Waals surface area contributed by atoms with E-state index in [0.29, 0.717) is 6.42 Å². The maximum atomic E-state index is 11.5. The second-order valence-corrected chi connectivity index (χ2v) is 4.79. The third-order valence-electron chi connectivity index (χ3n) is 2.21. The summed E-state index contributed by atoms with van der Waals surface area (Å²) in [5.74, 6) is 0.353. The molecule has 0 saturated carbocycles. The quantitative estimate of drug-likeness (QED) is 0.678. The molecule has 1 aliphatic rings. The molecular weight excluding hydrogens is 184 g/mol. The Hall–Kier alpha value is -0.960. The van der Waals surface area contributed by atoms with Gasteiger partial charge in [-0.25, -0.2) is 0 Å². The zero-order chi connectivity index (χ0) is 9.26. The molecule has 1 fully saturated rings. The van der Waals surface area contributed by atoms with E-state index in [2.05, 4.69) is 0 Å². The molecule has 0 aromatic heterocycles. The third kappa shape index (κ3) is 1.70. The molecule has 13 heavy (non-hydrogen) atoms. The molecule has 0 unspecified atom stereocenters. The molecule has 1 aromatic carbocycles. The molecule has 1 aliphatic heterocycles. The number of rotatable bonds is 1. The monoisotopic (exact) mass is 194 g/mol.